The first-order valence-corrected chi connectivity index (χ1v) is 6.35. The van der Waals surface area contributed by atoms with Gasteiger partial charge in [-0.25, -0.2) is 9.78 Å². The average Bonchev–Trinajstić information content (AvgIpc) is 2.48. The number of aromatic carboxylic acids is 1. The van der Waals surface area contributed by atoms with Crippen LogP contribution in [0.4, 0.5) is 5.82 Å². The van der Waals surface area contributed by atoms with Crippen LogP contribution in [0, 0.1) is 0 Å². The molecule has 1 N–H and O–H groups in total. The summed E-state index contributed by atoms with van der Waals surface area (Å²) in [6, 6.07) is 4.71. The molecule has 0 aliphatic carbocycles. The van der Waals surface area contributed by atoms with E-state index >= 15 is 0 Å². The zero-order valence-electron chi connectivity index (χ0n) is 11.3. The van der Waals surface area contributed by atoms with Crippen LogP contribution in [0.2, 0.25) is 0 Å². The molecular weight excluding hydrogens is 262 g/mol. The van der Waals surface area contributed by atoms with Gasteiger partial charge in [0.2, 0.25) is 5.91 Å². The van der Waals surface area contributed by atoms with Crippen LogP contribution >= 0.6 is 0 Å². The number of aromatic nitrogens is 1. The molecule has 0 saturated carbocycles. The summed E-state index contributed by atoms with van der Waals surface area (Å²) in [4.78, 5) is 30.3. The van der Waals surface area contributed by atoms with E-state index in [1.807, 2.05) is 0 Å². The summed E-state index contributed by atoms with van der Waals surface area (Å²) < 4.78 is 5.20. The monoisotopic (exact) mass is 279 g/mol. The fourth-order valence-electron chi connectivity index (χ4n) is 1.95. The Hall–Kier alpha value is -2.15. The molecule has 1 aliphatic heterocycles. The fraction of sp³-hybridized carbons (Fsp3) is 0.462. The molecule has 1 aromatic heterocycles. The molecule has 1 saturated heterocycles. The number of carbonyl (C=O) groups excluding carboxylic acids is 1. The summed E-state index contributed by atoms with van der Waals surface area (Å²) in [6.07, 6.45) is 0. The van der Waals surface area contributed by atoms with Crippen LogP contribution in [-0.4, -0.2) is 66.8 Å². The van der Waals surface area contributed by atoms with Crippen molar-refractivity contribution in [3.05, 3.63) is 23.9 Å². The Bertz CT molecular complexity index is 500. The van der Waals surface area contributed by atoms with Crippen molar-refractivity contribution in [2.45, 2.75) is 0 Å². The molecule has 2 rings (SSSR count). The van der Waals surface area contributed by atoms with E-state index < -0.39 is 5.97 Å². The van der Waals surface area contributed by atoms with Crippen LogP contribution < -0.4 is 4.90 Å². The molecule has 1 amide bonds. The first kappa shape index (κ1) is 14.3. The SMILES string of the molecule is CN(CC(=O)N1CCOCC1)c1cccc(C(=O)O)n1. The van der Waals surface area contributed by atoms with Crippen molar-refractivity contribution < 1.29 is 19.4 Å². The van der Waals surface area contributed by atoms with Crippen LogP contribution in [0.3, 0.4) is 0 Å². The number of carboxylic acids is 1. The highest BCUT2D eigenvalue weighted by molar-refractivity contribution is 5.86. The summed E-state index contributed by atoms with van der Waals surface area (Å²) in [5.74, 6) is -0.635. The number of morpholine rings is 1. The third-order valence-corrected chi connectivity index (χ3v) is 3.08. The lowest BCUT2D eigenvalue weighted by Gasteiger charge is -2.29. The van der Waals surface area contributed by atoms with Gasteiger partial charge in [0.05, 0.1) is 19.8 Å². The number of rotatable bonds is 4. The summed E-state index contributed by atoms with van der Waals surface area (Å²) >= 11 is 0. The van der Waals surface area contributed by atoms with Crippen LogP contribution in [0.15, 0.2) is 18.2 Å². The lowest BCUT2D eigenvalue weighted by Crippen LogP contribution is -2.45. The van der Waals surface area contributed by atoms with Gasteiger partial charge in [-0.2, -0.15) is 0 Å². The number of likely N-dealkylation sites (N-methyl/N-ethyl adjacent to an activating group) is 1. The van der Waals surface area contributed by atoms with Gasteiger partial charge >= 0.3 is 5.97 Å². The van der Waals surface area contributed by atoms with Gasteiger partial charge < -0.3 is 19.6 Å². The first-order valence-electron chi connectivity index (χ1n) is 6.35. The van der Waals surface area contributed by atoms with Gasteiger partial charge in [0.1, 0.15) is 5.82 Å². The molecule has 0 radical (unpaired) electrons. The maximum absolute atomic E-state index is 12.1. The molecule has 1 aromatic rings. The summed E-state index contributed by atoms with van der Waals surface area (Å²) in [7, 11) is 1.71. The summed E-state index contributed by atoms with van der Waals surface area (Å²) in [6.45, 7) is 2.46. The Morgan fingerprint density at radius 3 is 2.75 bits per heavy atom. The number of amides is 1. The predicted molar refractivity (Wildman–Crippen MR) is 71.9 cm³/mol. The van der Waals surface area contributed by atoms with Crippen molar-refractivity contribution in [2.75, 3.05) is 44.8 Å². The van der Waals surface area contributed by atoms with E-state index in [-0.39, 0.29) is 18.1 Å². The van der Waals surface area contributed by atoms with E-state index in [4.69, 9.17) is 9.84 Å². The Labute approximate surface area is 116 Å². The Morgan fingerprint density at radius 1 is 1.40 bits per heavy atom. The van der Waals surface area contributed by atoms with Crippen molar-refractivity contribution >= 4 is 17.7 Å². The third kappa shape index (κ3) is 3.45. The van der Waals surface area contributed by atoms with Crippen LogP contribution in [0.1, 0.15) is 10.5 Å². The highest BCUT2D eigenvalue weighted by Crippen LogP contribution is 2.10. The van der Waals surface area contributed by atoms with Gasteiger partial charge in [0.25, 0.3) is 0 Å². The lowest BCUT2D eigenvalue weighted by atomic mass is 10.3. The first-order chi connectivity index (χ1) is 9.58. The second-order valence-electron chi connectivity index (χ2n) is 4.54. The fourth-order valence-corrected chi connectivity index (χ4v) is 1.95. The molecule has 20 heavy (non-hydrogen) atoms. The smallest absolute Gasteiger partial charge is 0.354 e. The number of pyridine rings is 1. The van der Waals surface area contributed by atoms with E-state index in [1.54, 1.807) is 29.0 Å². The predicted octanol–water partition coefficient (Wildman–Crippen LogP) is 0.0748. The highest BCUT2D eigenvalue weighted by atomic mass is 16.5. The molecule has 0 bridgehead atoms. The molecule has 1 fully saturated rings. The van der Waals surface area contributed by atoms with Crippen LogP contribution in [0.5, 0.6) is 0 Å². The standard InChI is InChI=1S/C13H17N3O4/c1-15(9-12(17)16-5-7-20-8-6-16)11-4-2-3-10(14-11)13(18)19/h2-4H,5-9H2,1H3,(H,18,19). The number of nitrogens with zero attached hydrogens (tertiary/aromatic N) is 3. The van der Waals surface area contributed by atoms with Crippen molar-refractivity contribution in [2.24, 2.45) is 0 Å². The highest BCUT2D eigenvalue weighted by Gasteiger charge is 2.19. The maximum Gasteiger partial charge on any atom is 0.354 e. The largest absolute Gasteiger partial charge is 0.477 e. The number of hydrogen-bond donors (Lipinski definition) is 1. The zero-order valence-corrected chi connectivity index (χ0v) is 11.3. The molecule has 0 aromatic carbocycles. The molecule has 108 valence electrons. The minimum Gasteiger partial charge on any atom is -0.477 e. The molecule has 2 heterocycles. The molecule has 0 atom stereocenters. The quantitative estimate of drug-likeness (QED) is 0.840. The Morgan fingerprint density at radius 2 is 2.10 bits per heavy atom. The Kier molecular flexibility index (Phi) is 4.52. The molecule has 7 nitrogen and oxygen atoms in total. The Balaban J connectivity index is 2.00. The van der Waals surface area contributed by atoms with Gasteiger partial charge in [-0.3, -0.25) is 4.79 Å². The summed E-state index contributed by atoms with van der Waals surface area (Å²) in [5.41, 5.74) is -0.0341. The van der Waals surface area contributed by atoms with Crippen molar-refractivity contribution in [1.29, 1.82) is 0 Å². The van der Waals surface area contributed by atoms with E-state index in [1.165, 1.54) is 6.07 Å². The lowest BCUT2D eigenvalue weighted by molar-refractivity contribution is -0.133. The van der Waals surface area contributed by atoms with Crippen LogP contribution in [-0.2, 0) is 9.53 Å². The van der Waals surface area contributed by atoms with Crippen LogP contribution in [0.25, 0.3) is 0 Å². The minimum atomic E-state index is -1.08. The topological polar surface area (TPSA) is 83.0 Å². The number of carbonyl (C=O) groups is 2. The molecule has 0 unspecified atom stereocenters. The molecular formula is C13H17N3O4. The van der Waals surface area contributed by atoms with Crippen molar-refractivity contribution in [3.63, 3.8) is 0 Å². The maximum atomic E-state index is 12.1. The van der Waals surface area contributed by atoms with Gasteiger partial charge in [0.15, 0.2) is 5.69 Å². The van der Waals surface area contributed by atoms with Gasteiger partial charge in [0, 0.05) is 20.1 Å². The average molecular weight is 279 g/mol. The van der Waals surface area contributed by atoms with E-state index in [0.717, 1.165) is 0 Å². The van der Waals surface area contributed by atoms with Gasteiger partial charge in [-0.05, 0) is 12.1 Å². The third-order valence-electron chi connectivity index (χ3n) is 3.08. The summed E-state index contributed by atoms with van der Waals surface area (Å²) in [5, 5.41) is 8.91. The second kappa shape index (κ2) is 6.33. The van der Waals surface area contributed by atoms with Gasteiger partial charge in [-0.1, -0.05) is 6.07 Å². The molecule has 0 spiro atoms. The number of carboxylic acid groups (broad SMARTS) is 1. The zero-order chi connectivity index (χ0) is 14.5. The van der Waals surface area contributed by atoms with Crippen molar-refractivity contribution in [1.82, 2.24) is 9.88 Å². The normalized spacial score (nSPS) is 14.9. The number of anilines is 1. The van der Waals surface area contributed by atoms with E-state index in [2.05, 4.69) is 4.98 Å². The number of ether oxygens (including phenoxy) is 1. The van der Waals surface area contributed by atoms with E-state index in [0.29, 0.717) is 32.1 Å². The van der Waals surface area contributed by atoms with E-state index in [9.17, 15) is 9.59 Å². The second-order valence-corrected chi connectivity index (χ2v) is 4.54. The molecule has 1 aliphatic rings. The van der Waals surface area contributed by atoms with Crippen molar-refractivity contribution in [3.8, 4) is 0 Å². The number of hydrogen-bond acceptors (Lipinski definition) is 5. The molecule has 7 heteroatoms. The van der Waals surface area contributed by atoms with Gasteiger partial charge in [-0.15, -0.1) is 0 Å². The minimum absolute atomic E-state index is 0.0154.